The number of amides is 2. The van der Waals surface area contributed by atoms with Crippen molar-refractivity contribution in [3.05, 3.63) is 40.4 Å². The van der Waals surface area contributed by atoms with E-state index in [2.05, 4.69) is 10.3 Å². The number of rotatable bonds is 7. The zero-order chi connectivity index (χ0) is 17.6. The van der Waals surface area contributed by atoms with E-state index >= 15 is 0 Å². The van der Waals surface area contributed by atoms with Crippen LogP contribution in [0.5, 0.6) is 5.75 Å². The molecule has 132 valence electrons. The predicted molar refractivity (Wildman–Crippen MR) is 97.4 cm³/mol. The number of hydrogen-bond acceptors (Lipinski definition) is 5. The SMILES string of the molecule is O=C(Cc1csc(N2CCCC2=O)n1)NCCOc1ccc(Cl)cc1. The Morgan fingerprint density at radius 1 is 1.36 bits per heavy atom. The highest BCUT2D eigenvalue weighted by Crippen LogP contribution is 2.25. The smallest absolute Gasteiger partial charge is 0.228 e. The van der Waals surface area contributed by atoms with Crippen molar-refractivity contribution >= 4 is 39.9 Å². The molecule has 0 unspecified atom stereocenters. The van der Waals surface area contributed by atoms with Gasteiger partial charge < -0.3 is 10.1 Å². The van der Waals surface area contributed by atoms with Crippen LogP contribution >= 0.6 is 22.9 Å². The van der Waals surface area contributed by atoms with Crippen LogP contribution < -0.4 is 15.0 Å². The molecule has 8 heteroatoms. The molecule has 1 aliphatic rings. The van der Waals surface area contributed by atoms with Crippen LogP contribution in [-0.2, 0) is 16.0 Å². The Labute approximate surface area is 154 Å². The van der Waals surface area contributed by atoms with Gasteiger partial charge in [0.05, 0.1) is 18.7 Å². The van der Waals surface area contributed by atoms with E-state index in [1.54, 1.807) is 29.2 Å². The molecular weight excluding hydrogens is 362 g/mol. The summed E-state index contributed by atoms with van der Waals surface area (Å²) in [6.45, 7) is 1.49. The first-order chi connectivity index (χ1) is 12.1. The third kappa shape index (κ3) is 4.93. The van der Waals surface area contributed by atoms with Gasteiger partial charge in [-0.2, -0.15) is 0 Å². The lowest BCUT2D eigenvalue weighted by atomic mass is 10.3. The molecule has 2 amide bonds. The molecule has 1 fully saturated rings. The number of carbonyl (C=O) groups is 2. The molecule has 6 nitrogen and oxygen atoms in total. The first-order valence-electron chi connectivity index (χ1n) is 8.01. The van der Waals surface area contributed by atoms with Crippen molar-refractivity contribution in [2.24, 2.45) is 0 Å². The van der Waals surface area contributed by atoms with E-state index < -0.39 is 0 Å². The van der Waals surface area contributed by atoms with Crippen molar-refractivity contribution in [2.45, 2.75) is 19.3 Å². The summed E-state index contributed by atoms with van der Waals surface area (Å²) in [6, 6.07) is 7.06. The van der Waals surface area contributed by atoms with Crippen molar-refractivity contribution < 1.29 is 14.3 Å². The number of benzene rings is 1. The molecule has 3 rings (SSSR count). The number of ether oxygens (including phenoxy) is 1. The van der Waals surface area contributed by atoms with Crippen LogP contribution in [0.4, 0.5) is 5.13 Å². The number of hydrogen-bond donors (Lipinski definition) is 1. The van der Waals surface area contributed by atoms with Crippen LogP contribution in [0.3, 0.4) is 0 Å². The lowest BCUT2D eigenvalue weighted by molar-refractivity contribution is -0.120. The van der Waals surface area contributed by atoms with Crippen LogP contribution in [0.25, 0.3) is 0 Å². The summed E-state index contributed by atoms with van der Waals surface area (Å²) in [5.74, 6) is 0.687. The summed E-state index contributed by atoms with van der Waals surface area (Å²) in [5.41, 5.74) is 0.677. The summed E-state index contributed by atoms with van der Waals surface area (Å²) >= 11 is 7.20. The van der Waals surface area contributed by atoms with Crippen LogP contribution in [0.1, 0.15) is 18.5 Å². The minimum Gasteiger partial charge on any atom is -0.492 e. The van der Waals surface area contributed by atoms with Gasteiger partial charge in [-0.15, -0.1) is 11.3 Å². The van der Waals surface area contributed by atoms with Crippen molar-refractivity contribution in [3.63, 3.8) is 0 Å². The molecule has 0 saturated carbocycles. The highest BCUT2D eigenvalue weighted by molar-refractivity contribution is 7.14. The lowest BCUT2D eigenvalue weighted by Gasteiger charge is -2.10. The Hall–Kier alpha value is -2.12. The van der Waals surface area contributed by atoms with Crippen molar-refractivity contribution in [1.29, 1.82) is 0 Å². The third-order valence-electron chi connectivity index (χ3n) is 3.69. The van der Waals surface area contributed by atoms with Gasteiger partial charge in [0.25, 0.3) is 0 Å². The van der Waals surface area contributed by atoms with E-state index in [4.69, 9.17) is 16.3 Å². The molecule has 0 spiro atoms. The minimum absolute atomic E-state index is 0.102. The number of anilines is 1. The van der Waals surface area contributed by atoms with E-state index in [-0.39, 0.29) is 18.2 Å². The van der Waals surface area contributed by atoms with E-state index in [9.17, 15) is 9.59 Å². The molecule has 0 atom stereocenters. The van der Waals surface area contributed by atoms with Gasteiger partial charge >= 0.3 is 0 Å². The van der Waals surface area contributed by atoms with Crippen LogP contribution in [0.15, 0.2) is 29.6 Å². The second-order valence-corrected chi connectivity index (χ2v) is 6.87. The van der Waals surface area contributed by atoms with Crippen molar-refractivity contribution in [3.8, 4) is 5.75 Å². The number of thiazole rings is 1. The molecule has 25 heavy (non-hydrogen) atoms. The summed E-state index contributed by atoms with van der Waals surface area (Å²) in [5, 5.41) is 5.95. The largest absolute Gasteiger partial charge is 0.492 e. The normalized spacial score (nSPS) is 14.0. The van der Waals surface area contributed by atoms with Crippen LogP contribution in [0.2, 0.25) is 5.02 Å². The molecule has 0 bridgehead atoms. The van der Waals surface area contributed by atoms with E-state index in [1.807, 2.05) is 5.38 Å². The Morgan fingerprint density at radius 3 is 2.88 bits per heavy atom. The van der Waals surface area contributed by atoms with E-state index in [1.165, 1.54) is 11.3 Å². The summed E-state index contributed by atoms with van der Waals surface area (Å²) < 4.78 is 5.51. The van der Waals surface area contributed by atoms with Gasteiger partial charge in [-0.25, -0.2) is 4.98 Å². The maximum atomic E-state index is 12.0. The maximum absolute atomic E-state index is 12.0. The standard InChI is InChI=1S/C17H18ClN3O3S/c18-12-3-5-14(6-4-12)24-9-7-19-15(22)10-13-11-25-17(20-13)21-8-1-2-16(21)23/h3-6,11H,1-2,7-10H2,(H,19,22). The molecule has 1 aromatic heterocycles. The monoisotopic (exact) mass is 379 g/mol. The Balaban J connectivity index is 1.40. The zero-order valence-electron chi connectivity index (χ0n) is 13.5. The van der Waals surface area contributed by atoms with E-state index in [0.717, 1.165) is 6.42 Å². The molecular formula is C17H18ClN3O3S. The summed E-state index contributed by atoms with van der Waals surface area (Å²) in [6.07, 6.45) is 1.63. The topological polar surface area (TPSA) is 71.5 Å². The number of aromatic nitrogens is 1. The quantitative estimate of drug-likeness (QED) is 0.751. The molecule has 0 radical (unpaired) electrons. The molecule has 2 aromatic rings. The Bertz CT molecular complexity index is 748. The lowest BCUT2D eigenvalue weighted by Crippen LogP contribution is -2.29. The number of nitrogens with zero attached hydrogens (tertiary/aromatic N) is 2. The maximum Gasteiger partial charge on any atom is 0.228 e. The van der Waals surface area contributed by atoms with Crippen molar-refractivity contribution in [1.82, 2.24) is 10.3 Å². The fraction of sp³-hybridized carbons (Fsp3) is 0.353. The van der Waals surface area contributed by atoms with Crippen LogP contribution in [0, 0.1) is 0 Å². The fourth-order valence-electron chi connectivity index (χ4n) is 2.47. The highest BCUT2D eigenvalue weighted by Gasteiger charge is 2.24. The molecule has 0 aliphatic carbocycles. The second-order valence-electron chi connectivity index (χ2n) is 5.60. The zero-order valence-corrected chi connectivity index (χ0v) is 15.1. The summed E-state index contributed by atoms with van der Waals surface area (Å²) in [7, 11) is 0. The predicted octanol–water partition coefficient (Wildman–Crippen LogP) is 2.66. The van der Waals surface area contributed by atoms with E-state index in [0.29, 0.717) is 47.7 Å². The Morgan fingerprint density at radius 2 is 2.16 bits per heavy atom. The van der Waals surface area contributed by atoms with Crippen LogP contribution in [-0.4, -0.2) is 36.5 Å². The molecule has 2 heterocycles. The van der Waals surface area contributed by atoms with Gasteiger partial charge in [-0.1, -0.05) is 11.6 Å². The first-order valence-corrected chi connectivity index (χ1v) is 9.27. The fourth-order valence-corrected chi connectivity index (χ4v) is 3.46. The third-order valence-corrected chi connectivity index (χ3v) is 4.86. The van der Waals surface area contributed by atoms with Gasteiger partial charge in [0.1, 0.15) is 12.4 Å². The highest BCUT2D eigenvalue weighted by atomic mass is 35.5. The number of nitrogens with one attached hydrogen (secondary N) is 1. The van der Waals surface area contributed by atoms with Gasteiger partial charge in [-0.05, 0) is 30.7 Å². The number of halogens is 1. The number of carbonyl (C=O) groups excluding carboxylic acids is 2. The first kappa shape index (κ1) is 17.7. The Kier molecular flexibility index (Phi) is 5.88. The van der Waals surface area contributed by atoms with Crippen molar-refractivity contribution in [2.75, 3.05) is 24.6 Å². The van der Waals surface area contributed by atoms with Gasteiger partial charge in [0, 0.05) is 23.4 Å². The second kappa shape index (κ2) is 8.31. The average Bonchev–Trinajstić information content (AvgIpc) is 3.22. The average molecular weight is 380 g/mol. The molecule has 1 N–H and O–H groups in total. The summed E-state index contributed by atoms with van der Waals surface area (Å²) in [4.78, 5) is 29.7. The molecule has 1 saturated heterocycles. The van der Waals surface area contributed by atoms with Gasteiger partial charge in [0.2, 0.25) is 11.8 Å². The molecule has 1 aromatic carbocycles. The van der Waals surface area contributed by atoms with Gasteiger partial charge in [-0.3, -0.25) is 14.5 Å². The minimum atomic E-state index is -0.121. The van der Waals surface area contributed by atoms with Gasteiger partial charge in [0.15, 0.2) is 5.13 Å². The molecule has 1 aliphatic heterocycles.